The van der Waals surface area contributed by atoms with Crippen LogP contribution in [0.5, 0.6) is 11.5 Å². The van der Waals surface area contributed by atoms with Gasteiger partial charge in [0.25, 0.3) is 0 Å². The first kappa shape index (κ1) is 15.0. The van der Waals surface area contributed by atoms with Gasteiger partial charge in [-0.2, -0.15) is 0 Å². The summed E-state index contributed by atoms with van der Waals surface area (Å²) < 4.78 is 0. The maximum atomic E-state index is 10.1. The molecule has 2 aromatic rings. The van der Waals surface area contributed by atoms with Gasteiger partial charge in [0.05, 0.1) is 0 Å². The Kier molecular flexibility index (Phi) is 3.07. The highest BCUT2D eigenvalue weighted by atomic mass is 16.3. The summed E-state index contributed by atoms with van der Waals surface area (Å²) in [6.45, 7) is 10.6. The molecular formula is C20H24O2. The summed E-state index contributed by atoms with van der Waals surface area (Å²) in [4.78, 5) is 0. The minimum atomic E-state index is -0.152. The number of fused-ring (bicyclic) bond motifs is 1. The molecular weight excluding hydrogens is 272 g/mol. The SMILES string of the molecule is Cc1cc(C2(C)CC(C)(C)c3ccc(O)cc32)cc(C)c1O. The number of phenolic OH excluding ortho intramolecular Hbond substituents is 2. The lowest BCUT2D eigenvalue weighted by molar-refractivity contribution is 0.422. The number of hydrogen-bond donors (Lipinski definition) is 2. The van der Waals surface area contributed by atoms with Crippen LogP contribution in [0.1, 0.15) is 55.0 Å². The molecule has 0 saturated carbocycles. The number of aryl methyl sites for hydroxylation is 2. The van der Waals surface area contributed by atoms with Gasteiger partial charge < -0.3 is 10.2 Å². The van der Waals surface area contributed by atoms with E-state index in [0.717, 1.165) is 17.5 Å². The molecule has 0 aliphatic heterocycles. The van der Waals surface area contributed by atoms with E-state index in [2.05, 4.69) is 39.0 Å². The molecule has 1 atom stereocenters. The molecule has 2 N–H and O–H groups in total. The Labute approximate surface area is 132 Å². The number of hydrogen-bond acceptors (Lipinski definition) is 2. The van der Waals surface area contributed by atoms with E-state index in [-0.39, 0.29) is 10.8 Å². The van der Waals surface area contributed by atoms with E-state index in [4.69, 9.17) is 0 Å². The monoisotopic (exact) mass is 296 g/mol. The highest BCUT2D eigenvalue weighted by Crippen LogP contribution is 2.53. The fourth-order valence-corrected chi connectivity index (χ4v) is 4.19. The van der Waals surface area contributed by atoms with E-state index in [0.29, 0.717) is 11.5 Å². The Morgan fingerprint density at radius 3 is 2.05 bits per heavy atom. The molecule has 1 unspecified atom stereocenters. The third-order valence-electron chi connectivity index (χ3n) is 5.25. The molecule has 2 heteroatoms. The van der Waals surface area contributed by atoms with E-state index in [9.17, 15) is 10.2 Å². The standard InChI is InChI=1S/C20H24O2/c1-12-8-14(9-13(2)18(12)22)20(5)11-19(3,4)16-7-6-15(21)10-17(16)20/h6-10,21-22H,11H2,1-5H3. The number of aromatic hydroxyl groups is 2. The van der Waals surface area contributed by atoms with Crippen molar-refractivity contribution in [3.63, 3.8) is 0 Å². The quantitative estimate of drug-likeness (QED) is 0.800. The molecule has 0 saturated heterocycles. The van der Waals surface area contributed by atoms with Gasteiger partial charge in [0, 0.05) is 5.41 Å². The van der Waals surface area contributed by atoms with E-state index >= 15 is 0 Å². The van der Waals surface area contributed by atoms with Crippen molar-refractivity contribution >= 4 is 0 Å². The van der Waals surface area contributed by atoms with Crippen molar-refractivity contribution in [2.75, 3.05) is 0 Å². The Hall–Kier alpha value is -1.96. The molecule has 0 amide bonds. The Morgan fingerprint density at radius 2 is 1.45 bits per heavy atom. The van der Waals surface area contributed by atoms with Gasteiger partial charge in [0.15, 0.2) is 0 Å². The fraction of sp³-hybridized carbons (Fsp3) is 0.400. The molecule has 116 valence electrons. The second-order valence-corrected chi connectivity index (χ2v) is 7.58. The molecule has 1 aliphatic rings. The normalized spacial score (nSPS) is 22.6. The van der Waals surface area contributed by atoms with Crippen LogP contribution in [0.3, 0.4) is 0 Å². The minimum absolute atomic E-state index is 0.0669. The summed E-state index contributed by atoms with van der Waals surface area (Å²) in [6.07, 6.45) is 0.989. The molecule has 2 aromatic carbocycles. The van der Waals surface area contributed by atoms with Crippen molar-refractivity contribution in [3.05, 3.63) is 58.1 Å². The van der Waals surface area contributed by atoms with Crippen molar-refractivity contribution in [1.82, 2.24) is 0 Å². The van der Waals surface area contributed by atoms with Gasteiger partial charge in [0.2, 0.25) is 0 Å². The fourth-order valence-electron chi connectivity index (χ4n) is 4.19. The number of benzene rings is 2. The third kappa shape index (κ3) is 2.01. The molecule has 0 heterocycles. The van der Waals surface area contributed by atoms with Crippen LogP contribution < -0.4 is 0 Å². The van der Waals surface area contributed by atoms with Gasteiger partial charge in [-0.3, -0.25) is 0 Å². The average molecular weight is 296 g/mol. The Balaban J connectivity index is 2.26. The van der Waals surface area contributed by atoms with Crippen LogP contribution in [0.2, 0.25) is 0 Å². The van der Waals surface area contributed by atoms with E-state index in [1.54, 1.807) is 6.07 Å². The first-order valence-electron chi connectivity index (χ1n) is 7.80. The van der Waals surface area contributed by atoms with Crippen molar-refractivity contribution in [3.8, 4) is 11.5 Å². The molecule has 0 spiro atoms. The zero-order valence-corrected chi connectivity index (χ0v) is 14.0. The van der Waals surface area contributed by atoms with Crippen molar-refractivity contribution < 1.29 is 10.2 Å². The summed E-state index contributed by atoms with van der Waals surface area (Å²) >= 11 is 0. The highest BCUT2D eigenvalue weighted by molar-refractivity contribution is 5.56. The summed E-state index contributed by atoms with van der Waals surface area (Å²) in [6, 6.07) is 9.90. The molecule has 22 heavy (non-hydrogen) atoms. The predicted octanol–water partition coefficient (Wildman–Crippen LogP) is 4.70. The van der Waals surface area contributed by atoms with Crippen molar-refractivity contribution in [1.29, 1.82) is 0 Å². The molecule has 0 aromatic heterocycles. The second-order valence-electron chi connectivity index (χ2n) is 7.58. The van der Waals surface area contributed by atoms with Crippen LogP contribution in [-0.2, 0) is 10.8 Å². The Bertz CT molecular complexity index is 735. The van der Waals surface area contributed by atoms with Gasteiger partial charge in [-0.15, -0.1) is 0 Å². The van der Waals surface area contributed by atoms with Gasteiger partial charge in [-0.1, -0.05) is 39.0 Å². The second kappa shape index (κ2) is 4.52. The average Bonchev–Trinajstić information content (AvgIpc) is 2.63. The van der Waals surface area contributed by atoms with Crippen LogP contribution in [-0.4, -0.2) is 10.2 Å². The van der Waals surface area contributed by atoms with Gasteiger partial charge in [0.1, 0.15) is 11.5 Å². The summed E-state index contributed by atoms with van der Waals surface area (Å²) in [7, 11) is 0. The smallest absolute Gasteiger partial charge is 0.121 e. The summed E-state index contributed by atoms with van der Waals surface area (Å²) in [5, 5.41) is 20.0. The maximum absolute atomic E-state index is 10.1. The number of rotatable bonds is 1. The van der Waals surface area contributed by atoms with Gasteiger partial charge >= 0.3 is 0 Å². The van der Waals surface area contributed by atoms with E-state index in [1.807, 2.05) is 19.9 Å². The zero-order valence-electron chi connectivity index (χ0n) is 14.0. The molecule has 3 rings (SSSR count). The first-order chi connectivity index (χ1) is 10.1. The van der Waals surface area contributed by atoms with E-state index < -0.39 is 0 Å². The lowest BCUT2D eigenvalue weighted by Crippen LogP contribution is -2.23. The summed E-state index contributed by atoms with van der Waals surface area (Å²) in [5.74, 6) is 0.690. The zero-order chi connectivity index (χ0) is 16.3. The molecule has 0 bridgehead atoms. The lowest BCUT2D eigenvalue weighted by atomic mass is 9.74. The van der Waals surface area contributed by atoms with Crippen LogP contribution >= 0.6 is 0 Å². The molecule has 2 nitrogen and oxygen atoms in total. The Morgan fingerprint density at radius 1 is 0.864 bits per heavy atom. The van der Waals surface area contributed by atoms with Crippen LogP contribution in [0.25, 0.3) is 0 Å². The summed E-state index contributed by atoms with van der Waals surface area (Å²) in [5.41, 5.74) is 5.43. The van der Waals surface area contributed by atoms with Crippen LogP contribution in [0, 0.1) is 13.8 Å². The van der Waals surface area contributed by atoms with Gasteiger partial charge in [-0.05, 0) is 65.6 Å². The first-order valence-corrected chi connectivity index (χ1v) is 7.80. The predicted molar refractivity (Wildman–Crippen MR) is 89.8 cm³/mol. The molecule has 0 radical (unpaired) electrons. The lowest BCUT2D eigenvalue weighted by Gasteiger charge is -2.29. The van der Waals surface area contributed by atoms with Crippen molar-refractivity contribution in [2.45, 2.75) is 51.9 Å². The topological polar surface area (TPSA) is 40.5 Å². The van der Waals surface area contributed by atoms with Gasteiger partial charge in [-0.25, -0.2) is 0 Å². The highest BCUT2D eigenvalue weighted by Gasteiger charge is 2.46. The molecule has 0 fully saturated rings. The maximum Gasteiger partial charge on any atom is 0.121 e. The van der Waals surface area contributed by atoms with Crippen LogP contribution in [0.4, 0.5) is 0 Å². The van der Waals surface area contributed by atoms with Crippen molar-refractivity contribution in [2.24, 2.45) is 0 Å². The van der Waals surface area contributed by atoms with Crippen LogP contribution in [0.15, 0.2) is 30.3 Å². The molecule has 1 aliphatic carbocycles. The van der Waals surface area contributed by atoms with E-state index in [1.165, 1.54) is 16.7 Å². The largest absolute Gasteiger partial charge is 0.508 e. The number of phenols is 2. The third-order valence-corrected chi connectivity index (χ3v) is 5.25. The minimum Gasteiger partial charge on any atom is -0.508 e.